The van der Waals surface area contributed by atoms with Crippen LogP contribution in [0.5, 0.6) is 0 Å². The number of amides is 1. The number of hydrogen-bond donors (Lipinski definition) is 0. The van der Waals surface area contributed by atoms with Crippen molar-refractivity contribution < 1.29 is 14.3 Å². The van der Waals surface area contributed by atoms with Gasteiger partial charge >= 0.3 is 6.09 Å². The quantitative estimate of drug-likeness (QED) is 0.589. The molecule has 0 N–H and O–H groups in total. The van der Waals surface area contributed by atoms with Gasteiger partial charge in [0.2, 0.25) is 0 Å². The average Bonchev–Trinajstić information content (AvgIpc) is 2.28. The van der Waals surface area contributed by atoms with Crippen molar-refractivity contribution in [2.24, 2.45) is 5.92 Å². The molecule has 2 aliphatic rings. The normalized spacial score (nSPS) is 30.9. The van der Waals surface area contributed by atoms with Gasteiger partial charge in [-0.3, -0.25) is 0 Å². The van der Waals surface area contributed by atoms with Crippen LogP contribution in [0.15, 0.2) is 0 Å². The maximum Gasteiger partial charge on any atom is 0.410 e. The number of nitrogens with zero attached hydrogens (tertiary/aromatic N) is 1. The van der Waals surface area contributed by atoms with Gasteiger partial charge in [-0.05, 0) is 20.8 Å². The third-order valence-electron chi connectivity index (χ3n) is 2.62. The Balaban J connectivity index is 1.88. The number of hydrogen-bond acceptors (Lipinski definition) is 3. The summed E-state index contributed by atoms with van der Waals surface area (Å²) in [5.41, 5.74) is -0.401. The lowest BCUT2D eigenvalue weighted by Crippen LogP contribution is -2.58. The van der Waals surface area contributed by atoms with Crippen molar-refractivity contribution in [3.8, 4) is 0 Å². The molecule has 0 bridgehead atoms. The highest BCUT2D eigenvalue weighted by Gasteiger charge is 2.47. The van der Waals surface area contributed by atoms with E-state index in [1.54, 1.807) is 4.90 Å². The number of likely N-dealkylation sites (tertiary alicyclic amines) is 1. The van der Waals surface area contributed by atoms with Crippen molar-refractivity contribution in [2.75, 3.05) is 19.8 Å². The van der Waals surface area contributed by atoms with Crippen molar-refractivity contribution in [2.45, 2.75) is 32.4 Å². The van der Waals surface area contributed by atoms with Crippen LogP contribution in [0.3, 0.4) is 0 Å². The maximum absolute atomic E-state index is 11.6. The Kier molecular flexibility index (Phi) is 2.18. The molecule has 4 nitrogen and oxygen atoms in total. The Morgan fingerprint density at radius 3 is 2.71 bits per heavy atom. The first-order chi connectivity index (χ1) is 6.47. The molecular formula is C10H17NO3. The van der Waals surface area contributed by atoms with Crippen molar-refractivity contribution in [3.05, 3.63) is 0 Å². The lowest BCUT2D eigenvalue weighted by atomic mass is 9.93. The number of carbonyl (C=O) groups is 1. The molecule has 1 amide bonds. The standard InChI is InChI=1S/C10H17NO3/c1-10(2,3)14-9(12)11-4-7-5-13-6-8(7)11/h7-8H,4-6H2,1-3H3. The summed E-state index contributed by atoms with van der Waals surface area (Å²) in [4.78, 5) is 13.4. The molecular weight excluding hydrogens is 182 g/mol. The van der Waals surface area contributed by atoms with Crippen LogP contribution in [0.4, 0.5) is 4.79 Å². The Morgan fingerprint density at radius 2 is 2.14 bits per heavy atom. The zero-order chi connectivity index (χ0) is 10.3. The van der Waals surface area contributed by atoms with Gasteiger partial charge in [-0.1, -0.05) is 0 Å². The van der Waals surface area contributed by atoms with Crippen LogP contribution in [0.1, 0.15) is 20.8 Å². The van der Waals surface area contributed by atoms with Crippen molar-refractivity contribution in [1.29, 1.82) is 0 Å². The molecule has 4 heteroatoms. The predicted octanol–water partition coefficient (Wildman–Crippen LogP) is 1.25. The molecule has 2 rings (SSSR count). The van der Waals surface area contributed by atoms with E-state index in [0.29, 0.717) is 12.5 Å². The Labute approximate surface area is 84.2 Å². The number of fused-ring (bicyclic) bond motifs is 1. The van der Waals surface area contributed by atoms with Crippen LogP contribution >= 0.6 is 0 Å². The van der Waals surface area contributed by atoms with Crippen LogP contribution in [-0.2, 0) is 9.47 Å². The third kappa shape index (κ3) is 1.71. The fourth-order valence-corrected chi connectivity index (χ4v) is 1.89. The van der Waals surface area contributed by atoms with Gasteiger partial charge in [0.15, 0.2) is 0 Å². The van der Waals surface area contributed by atoms with Crippen LogP contribution in [0, 0.1) is 5.92 Å². The molecule has 2 aliphatic heterocycles. The molecule has 80 valence electrons. The number of rotatable bonds is 0. The molecule has 0 aromatic heterocycles. The van der Waals surface area contributed by atoms with Crippen LogP contribution < -0.4 is 0 Å². The van der Waals surface area contributed by atoms with E-state index < -0.39 is 5.60 Å². The fraction of sp³-hybridized carbons (Fsp3) is 0.900. The molecule has 2 atom stereocenters. The van der Waals surface area contributed by atoms with E-state index in [1.807, 2.05) is 20.8 Å². The van der Waals surface area contributed by atoms with E-state index in [-0.39, 0.29) is 12.1 Å². The molecule has 0 aliphatic carbocycles. The minimum atomic E-state index is -0.401. The predicted molar refractivity (Wildman–Crippen MR) is 51.0 cm³/mol. The number of ether oxygens (including phenoxy) is 2. The van der Waals surface area contributed by atoms with Crippen LogP contribution in [0.2, 0.25) is 0 Å². The van der Waals surface area contributed by atoms with E-state index in [1.165, 1.54) is 0 Å². The minimum Gasteiger partial charge on any atom is -0.444 e. The van der Waals surface area contributed by atoms with Gasteiger partial charge in [-0.15, -0.1) is 0 Å². The molecule has 2 fully saturated rings. The zero-order valence-electron chi connectivity index (χ0n) is 8.95. The van der Waals surface area contributed by atoms with Crippen molar-refractivity contribution in [3.63, 3.8) is 0 Å². The van der Waals surface area contributed by atoms with Crippen LogP contribution in [-0.4, -0.2) is 42.4 Å². The van der Waals surface area contributed by atoms with E-state index in [0.717, 1.165) is 13.2 Å². The maximum atomic E-state index is 11.6. The second-order valence-electron chi connectivity index (χ2n) is 5.00. The second kappa shape index (κ2) is 3.12. The van der Waals surface area contributed by atoms with Gasteiger partial charge in [-0.25, -0.2) is 4.79 Å². The van der Waals surface area contributed by atoms with Crippen molar-refractivity contribution >= 4 is 6.09 Å². The Morgan fingerprint density at radius 1 is 1.43 bits per heavy atom. The third-order valence-corrected chi connectivity index (χ3v) is 2.62. The molecule has 2 unspecified atom stereocenters. The van der Waals surface area contributed by atoms with Gasteiger partial charge in [-0.2, -0.15) is 0 Å². The van der Waals surface area contributed by atoms with Gasteiger partial charge in [0.1, 0.15) is 5.60 Å². The largest absolute Gasteiger partial charge is 0.444 e. The van der Waals surface area contributed by atoms with Crippen molar-refractivity contribution in [1.82, 2.24) is 4.90 Å². The highest BCUT2D eigenvalue weighted by molar-refractivity contribution is 5.70. The monoisotopic (exact) mass is 199 g/mol. The van der Waals surface area contributed by atoms with Crippen LogP contribution in [0.25, 0.3) is 0 Å². The first-order valence-corrected chi connectivity index (χ1v) is 5.05. The summed E-state index contributed by atoms with van der Waals surface area (Å²) >= 11 is 0. The summed E-state index contributed by atoms with van der Waals surface area (Å²) in [5.74, 6) is 0.544. The van der Waals surface area contributed by atoms with Gasteiger partial charge in [0.25, 0.3) is 0 Å². The first kappa shape index (κ1) is 9.77. The lowest BCUT2D eigenvalue weighted by molar-refractivity contribution is -0.0166. The second-order valence-corrected chi connectivity index (χ2v) is 5.00. The summed E-state index contributed by atoms with van der Waals surface area (Å²) in [6.07, 6.45) is -0.204. The summed E-state index contributed by atoms with van der Waals surface area (Å²) in [6, 6.07) is 0.268. The Bertz CT molecular complexity index is 246. The van der Waals surface area contributed by atoms with Gasteiger partial charge in [0.05, 0.1) is 19.3 Å². The van der Waals surface area contributed by atoms with E-state index in [2.05, 4.69) is 0 Å². The number of carbonyl (C=O) groups excluding carboxylic acids is 1. The average molecular weight is 199 g/mol. The van der Waals surface area contributed by atoms with E-state index >= 15 is 0 Å². The fourth-order valence-electron chi connectivity index (χ4n) is 1.89. The molecule has 14 heavy (non-hydrogen) atoms. The minimum absolute atomic E-state index is 0.204. The SMILES string of the molecule is CC(C)(C)OC(=O)N1CC2COCC21. The smallest absolute Gasteiger partial charge is 0.410 e. The highest BCUT2D eigenvalue weighted by atomic mass is 16.6. The van der Waals surface area contributed by atoms with Gasteiger partial charge in [0, 0.05) is 12.5 Å². The molecule has 0 spiro atoms. The summed E-state index contributed by atoms with van der Waals surface area (Å²) in [5, 5.41) is 0. The summed E-state index contributed by atoms with van der Waals surface area (Å²) in [7, 11) is 0. The molecule has 2 saturated heterocycles. The van der Waals surface area contributed by atoms with E-state index in [4.69, 9.17) is 9.47 Å². The Hall–Kier alpha value is -0.770. The highest BCUT2D eigenvalue weighted by Crippen LogP contribution is 2.31. The first-order valence-electron chi connectivity index (χ1n) is 5.05. The van der Waals surface area contributed by atoms with E-state index in [9.17, 15) is 4.79 Å². The lowest BCUT2D eigenvalue weighted by Gasteiger charge is -2.42. The molecule has 0 aromatic rings. The topological polar surface area (TPSA) is 38.8 Å². The van der Waals surface area contributed by atoms with Gasteiger partial charge < -0.3 is 14.4 Å². The molecule has 0 saturated carbocycles. The summed E-state index contributed by atoms with van der Waals surface area (Å²) in [6.45, 7) is 7.90. The summed E-state index contributed by atoms with van der Waals surface area (Å²) < 4.78 is 10.6. The molecule has 2 heterocycles. The zero-order valence-corrected chi connectivity index (χ0v) is 8.95. The molecule has 0 radical (unpaired) electrons. The molecule has 0 aromatic carbocycles.